The molecular formula is C15H33N7. The van der Waals surface area contributed by atoms with Gasteiger partial charge in [-0.1, -0.05) is 13.3 Å². The highest BCUT2D eigenvalue weighted by molar-refractivity contribution is 6.00. The number of rotatable bonds is 3. The molecule has 128 valence electrons. The van der Waals surface area contributed by atoms with Crippen molar-refractivity contribution in [1.82, 2.24) is 19.6 Å². The lowest BCUT2D eigenvalue weighted by atomic mass is 10.3. The van der Waals surface area contributed by atoms with Gasteiger partial charge in [-0.25, -0.2) is 4.99 Å². The summed E-state index contributed by atoms with van der Waals surface area (Å²) in [6, 6.07) is 0. The van der Waals surface area contributed by atoms with Crippen molar-refractivity contribution in [2.24, 2.45) is 15.0 Å². The first-order valence-electron chi connectivity index (χ1n) is 7.61. The Kier molecular flexibility index (Phi) is 9.21. The molecule has 0 aliphatic heterocycles. The van der Waals surface area contributed by atoms with Crippen LogP contribution in [-0.4, -0.2) is 100 Å². The van der Waals surface area contributed by atoms with Gasteiger partial charge in [-0.2, -0.15) is 9.98 Å². The van der Waals surface area contributed by atoms with Crippen LogP contribution in [0, 0.1) is 0 Å². The van der Waals surface area contributed by atoms with Gasteiger partial charge in [-0.3, -0.25) is 0 Å². The molecule has 0 atom stereocenters. The van der Waals surface area contributed by atoms with E-state index in [9.17, 15) is 0 Å². The average molecular weight is 311 g/mol. The molecule has 7 nitrogen and oxygen atoms in total. The molecule has 7 heteroatoms. The van der Waals surface area contributed by atoms with Crippen molar-refractivity contribution < 1.29 is 0 Å². The van der Waals surface area contributed by atoms with E-state index in [2.05, 4.69) is 21.9 Å². The minimum atomic E-state index is 0.503. The van der Waals surface area contributed by atoms with Gasteiger partial charge >= 0.3 is 0 Å². The first-order chi connectivity index (χ1) is 10.2. The molecule has 0 unspecified atom stereocenters. The molecule has 0 rings (SSSR count). The number of hydrogen-bond acceptors (Lipinski definition) is 1. The van der Waals surface area contributed by atoms with Gasteiger partial charge < -0.3 is 19.6 Å². The van der Waals surface area contributed by atoms with Crippen LogP contribution in [0.2, 0.25) is 0 Å². The number of hydrogen-bond donors (Lipinski definition) is 0. The summed E-state index contributed by atoms with van der Waals surface area (Å²) in [5.74, 6) is 2.13. The van der Waals surface area contributed by atoms with Gasteiger partial charge in [-0.15, -0.1) is 0 Å². The molecule has 22 heavy (non-hydrogen) atoms. The highest BCUT2D eigenvalue weighted by Crippen LogP contribution is 1.99. The molecule has 0 aliphatic rings. The Bertz CT molecular complexity index is 354. The topological polar surface area (TPSA) is 50.0 Å². The van der Waals surface area contributed by atoms with Crippen molar-refractivity contribution >= 4 is 17.9 Å². The Balaban J connectivity index is 5.68. The summed E-state index contributed by atoms with van der Waals surface area (Å²) in [7, 11) is 15.7. The van der Waals surface area contributed by atoms with Crippen molar-refractivity contribution in [1.29, 1.82) is 0 Å². The first-order valence-corrected chi connectivity index (χ1v) is 7.61. The SMILES string of the molecule is CCCCN=C(N=C(N(C)C)N(C)C)N=C(N(C)C)N(C)C. The lowest BCUT2D eigenvalue weighted by Crippen LogP contribution is -2.37. The van der Waals surface area contributed by atoms with E-state index < -0.39 is 0 Å². The van der Waals surface area contributed by atoms with Gasteiger partial charge in [0.15, 0.2) is 0 Å². The third kappa shape index (κ3) is 7.28. The first kappa shape index (κ1) is 20.2. The predicted molar refractivity (Wildman–Crippen MR) is 96.8 cm³/mol. The quantitative estimate of drug-likeness (QED) is 0.445. The maximum absolute atomic E-state index is 4.63. The lowest BCUT2D eigenvalue weighted by Gasteiger charge is -2.24. The summed E-state index contributed by atoms with van der Waals surface area (Å²) >= 11 is 0. The molecule has 0 aromatic heterocycles. The number of nitrogens with zero attached hydrogens (tertiary/aromatic N) is 7. The van der Waals surface area contributed by atoms with Crippen molar-refractivity contribution in [3.05, 3.63) is 0 Å². The molecule has 0 bridgehead atoms. The Morgan fingerprint density at radius 1 is 0.682 bits per heavy atom. The van der Waals surface area contributed by atoms with Gasteiger partial charge in [0.1, 0.15) is 0 Å². The molecule has 0 aromatic rings. The second-order valence-electron chi connectivity index (χ2n) is 5.94. The molecular weight excluding hydrogens is 278 g/mol. The van der Waals surface area contributed by atoms with Crippen LogP contribution in [0.3, 0.4) is 0 Å². The fraction of sp³-hybridized carbons (Fsp3) is 0.800. The average Bonchev–Trinajstić information content (AvgIpc) is 2.39. The maximum atomic E-state index is 4.63. The maximum Gasteiger partial charge on any atom is 0.251 e. The van der Waals surface area contributed by atoms with E-state index in [0.717, 1.165) is 31.3 Å². The highest BCUT2D eigenvalue weighted by Gasteiger charge is 2.10. The van der Waals surface area contributed by atoms with Gasteiger partial charge in [0.25, 0.3) is 5.96 Å². The van der Waals surface area contributed by atoms with E-state index in [1.54, 1.807) is 0 Å². The van der Waals surface area contributed by atoms with E-state index in [1.165, 1.54) is 0 Å². The predicted octanol–water partition coefficient (Wildman–Crippen LogP) is 1.10. The molecule has 0 saturated carbocycles. The summed E-state index contributed by atoms with van der Waals surface area (Å²) in [5.41, 5.74) is 0. The Morgan fingerprint density at radius 3 is 1.32 bits per heavy atom. The fourth-order valence-electron chi connectivity index (χ4n) is 1.81. The highest BCUT2D eigenvalue weighted by atomic mass is 15.4. The van der Waals surface area contributed by atoms with E-state index in [4.69, 9.17) is 0 Å². The molecule has 0 amide bonds. The van der Waals surface area contributed by atoms with Crippen molar-refractivity contribution in [2.45, 2.75) is 19.8 Å². The van der Waals surface area contributed by atoms with Crippen molar-refractivity contribution in [3.8, 4) is 0 Å². The van der Waals surface area contributed by atoms with Gasteiger partial charge in [0.05, 0.1) is 0 Å². The molecule has 0 aliphatic carbocycles. The Labute approximate surface area is 136 Å². The zero-order valence-electron chi connectivity index (χ0n) is 15.8. The summed E-state index contributed by atoms with van der Waals surface area (Å²) < 4.78 is 0. The summed E-state index contributed by atoms with van der Waals surface area (Å²) in [4.78, 5) is 21.6. The monoisotopic (exact) mass is 311 g/mol. The molecule has 0 heterocycles. The van der Waals surface area contributed by atoms with Crippen LogP contribution in [0.1, 0.15) is 19.8 Å². The molecule has 0 N–H and O–H groups in total. The summed E-state index contributed by atoms with van der Waals surface area (Å²) in [6.07, 6.45) is 2.14. The lowest BCUT2D eigenvalue weighted by molar-refractivity contribution is 0.482. The molecule has 0 saturated heterocycles. The number of guanidine groups is 3. The largest absolute Gasteiger partial charge is 0.349 e. The third-order valence-electron chi connectivity index (χ3n) is 2.76. The van der Waals surface area contributed by atoms with Crippen molar-refractivity contribution in [3.63, 3.8) is 0 Å². The third-order valence-corrected chi connectivity index (χ3v) is 2.76. The normalized spacial score (nSPS) is 9.68. The molecule has 0 aromatic carbocycles. The van der Waals surface area contributed by atoms with Crippen LogP contribution in [0.15, 0.2) is 15.0 Å². The number of unbranched alkanes of at least 4 members (excludes halogenated alkanes) is 1. The minimum Gasteiger partial charge on any atom is -0.349 e. The second-order valence-corrected chi connectivity index (χ2v) is 5.94. The van der Waals surface area contributed by atoms with Crippen molar-refractivity contribution in [2.75, 3.05) is 62.9 Å². The molecule has 0 radical (unpaired) electrons. The van der Waals surface area contributed by atoms with Crippen LogP contribution in [-0.2, 0) is 0 Å². The van der Waals surface area contributed by atoms with E-state index >= 15 is 0 Å². The van der Waals surface area contributed by atoms with Crippen LogP contribution in [0.25, 0.3) is 0 Å². The van der Waals surface area contributed by atoms with Gasteiger partial charge in [0.2, 0.25) is 11.9 Å². The Morgan fingerprint density at radius 2 is 1.05 bits per heavy atom. The molecule has 0 fully saturated rings. The fourth-order valence-corrected chi connectivity index (χ4v) is 1.81. The zero-order chi connectivity index (χ0) is 17.3. The van der Waals surface area contributed by atoms with Crippen LogP contribution in [0.5, 0.6) is 0 Å². The summed E-state index contributed by atoms with van der Waals surface area (Å²) in [5, 5.41) is 0. The van der Waals surface area contributed by atoms with Crippen LogP contribution in [0.4, 0.5) is 0 Å². The molecule has 0 spiro atoms. The minimum absolute atomic E-state index is 0.503. The second kappa shape index (κ2) is 10.0. The zero-order valence-corrected chi connectivity index (χ0v) is 15.8. The van der Waals surface area contributed by atoms with Gasteiger partial charge in [0, 0.05) is 62.9 Å². The van der Waals surface area contributed by atoms with E-state index in [1.807, 2.05) is 76.0 Å². The van der Waals surface area contributed by atoms with Crippen LogP contribution >= 0.6 is 0 Å². The van der Waals surface area contributed by atoms with E-state index in [-0.39, 0.29) is 0 Å². The standard InChI is InChI=1S/C15H33N7/c1-10-11-12-16-13(17-14(19(2)3)20(4)5)18-15(21(6)7)22(8)9/h10-12H2,1-9H3. The summed E-state index contributed by atoms with van der Waals surface area (Å²) in [6.45, 7) is 2.89. The Hall–Kier alpha value is -1.79. The smallest absolute Gasteiger partial charge is 0.251 e. The van der Waals surface area contributed by atoms with E-state index in [0.29, 0.717) is 5.96 Å². The van der Waals surface area contributed by atoms with Gasteiger partial charge in [-0.05, 0) is 6.42 Å². The number of aliphatic imine (C=N–C) groups is 3. The van der Waals surface area contributed by atoms with Crippen LogP contribution < -0.4 is 0 Å².